The third-order valence-electron chi connectivity index (χ3n) is 4.20. The first-order valence-electron chi connectivity index (χ1n) is 8.08. The number of thiazole rings is 1. The van der Waals surface area contributed by atoms with Crippen LogP contribution in [0.3, 0.4) is 0 Å². The Labute approximate surface area is 127 Å². The predicted molar refractivity (Wildman–Crippen MR) is 88.9 cm³/mol. The van der Waals surface area contributed by atoms with Crippen molar-refractivity contribution in [2.24, 2.45) is 0 Å². The molecule has 0 saturated heterocycles. The number of aromatic nitrogens is 1. The van der Waals surface area contributed by atoms with Crippen molar-refractivity contribution < 1.29 is 0 Å². The Morgan fingerprint density at radius 1 is 1.30 bits per heavy atom. The Morgan fingerprint density at radius 2 is 2.00 bits per heavy atom. The average molecular weight is 295 g/mol. The van der Waals surface area contributed by atoms with Gasteiger partial charge >= 0.3 is 0 Å². The zero-order chi connectivity index (χ0) is 14.5. The highest BCUT2D eigenvalue weighted by Crippen LogP contribution is 2.34. The van der Waals surface area contributed by atoms with Crippen LogP contribution in [0.15, 0.2) is 0 Å². The van der Waals surface area contributed by atoms with Gasteiger partial charge in [0.25, 0.3) is 0 Å². The lowest BCUT2D eigenvalue weighted by Crippen LogP contribution is -2.36. The molecule has 4 heteroatoms. The molecular formula is C16H29N3S. The molecule has 1 heterocycles. The highest BCUT2D eigenvalue weighted by Gasteiger charge is 2.24. The van der Waals surface area contributed by atoms with Crippen LogP contribution in [0.5, 0.6) is 0 Å². The van der Waals surface area contributed by atoms with Crippen molar-refractivity contribution in [3.05, 3.63) is 10.6 Å². The van der Waals surface area contributed by atoms with Gasteiger partial charge in [0.1, 0.15) is 0 Å². The molecule has 0 bridgehead atoms. The first-order valence-corrected chi connectivity index (χ1v) is 8.89. The zero-order valence-electron chi connectivity index (χ0n) is 13.4. The van der Waals surface area contributed by atoms with Gasteiger partial charge in [0.2, 0.25) is 0 Å². The fraction of sp³-hybridized carbons (Fsp3) is 0.812. The molecule has 0 unspecified atom stereocenters. The summed E-state index contributed by atoms with van der Waals surface area (Å²) in [6.07, 6.45) is 6.85. The number of nitrogens with one attached hydrogen (secondary N) is 1. The molecule has 2 rings (SSSR count). The van der Waals surface area contributed by atoms with E-state index >= 15 is 0 Å². The summed E-state index contributed by atoms with van der Waals surface area (Å²) < 4.78 is 0. The van der Waals surface area contributed by atoms with Gasteiger partial charge in [0, 0.05) is 24.0 Å². The van der Waals surface area contributed by atoms with Crippen molar-refractivity contribution in [1.82, 2.24) is 10.3 Å². The maximum absolute atomic E-state index is 4.98. The quantitative estimate of drug-likeness (QED) is 0.854. The molecule has 0 aromatic carbocycles. The van der Waals surface area contributed by atoms with Gasteiger partial charge in [-0.2, -0.15) is 0 Å². The second kappa shape index (κ2) is 7.41. The lowest BCUT2D eigenvalue weighted by molar-refractivity contribution is 0.417. The van der Waals surface area contributed by atoms with Crippen molar-refractivity contribution in [2.75, 3.05) is 18.5 Å². The standard InChI is InChI=1S/C16H29N3S/c1-5-19(13-9-7-6-8-10-13)16-18-15(12(2)3)14(20-16)11-17-4/h12-13,17H,5-11H2,1-4H3. The second-order valence-corrected chi connectivity index (χ2v) is 7.13. The topological polar surface area (TPSA) is 28.2 Å². The van der Waals surface area contributed by atoms with E-state index in [1.165, 1.54) is 47.8 Å². The Morgan fingerprint density at radius 3 is 2.55 bits per heavy atom. The second-order valence-electron chi connectivity index (χ2n) is 6.07. The molecule has 3 nitrogen and oxygen atoms in total. The summed E-state index contributed by atoms with van der Waals surface area (Å²) in [5.74, 6) is 0.508. The van der Waals surface area contributed by atoms with E-state index in [0.717, 1.165) is 13.1 Å². The van der Waals surface area contributed by atoms with E-state index < -0.39 is 0 Å². The van der Waals surface area contributed by atoms with Crippen LogP contribution < -0.4 is 10.2 Å². The molecule has 20 heavy (non-hydrogen) atoms. The van der Waals surface area contributed by atoms with Gasteiger partial charge < -0.3 is 10.2 Å². The molecule has 0 amide bonds. The first-order chi connectivity index (χ1) is 9.67. The van der Waals surface area contributed by atoms with Gasteiger partial charge in [-0.15, -0.1) is 11.3 Å². The third kappa shape index (κ3) is 3.53. The smallest absolute Gasteiger partial charge is 0.186 e. The largest absolute Gasteiger partial charge is 0.345 e. The van der Waals surface area contributed by atoms with E-state index in [4.69, 9.17) is 4.98 Å². The lowest BCUT2D eigenvalue weighted by Gasteiger charge is -2.33. The molecule has 114 valence electrons. The van der Waals surface area contributed by atoms with Gasteiger partial charge in [-0.1, -0.05) is 33.1 Å². The zero-order valence-corrected chi connectivity index (χ0v) is 14.2. The molecule has 0 radical (unpaired) electrons. The minimum absolute atomic E-state index is 0.508. The summed E-state index contributed by atoms with van der Waals surface area (Å²) in [6.45, 7) is 8.77. The maximum atomic E-state index is 4.98. The highest BCUT2D eigenvalue weighted by atomic mass is 32.1. The van der Waals surface area contributed by atoms with Gasteiger partial charge in [-0.25, -0.2) is 4.98 Å². The SMILES string of the molecule is CCN(c1nc(C(C)C)c(CNC)s1)C1CCCCC1. The van der Waals surface area contributed by atoms with E-state index in [1.807, 2.05) is 18.4 Å². The van der Waals surface area contributed by atoms with Crippen LogP contribution in [-0.4, -0.2) is 24.6 Å². The van der Waals surface area contributed by atoms with Gasteiger partial charge in [-0.05, 0) is 32.7 Å². The summed E-state index contributed by atoms with van der Waals surface area (Å²) in [6, 6.07) is 0.711. The molecule has 0 spiro atoms. The van der Waals surface area contributed by atoms with Crippen molar-refractivity contribution >= 4 is 16.5 Å². The fourth-order valence-electron chi connectivity index (χ4n) is 3.15. The molecule has 0 aliphatic heterocycles. The van der Waals surface area contributed by atoms with Gasteiger partial charge in [0.05, 0.1) is 5.69 Å². The van der Waals surface area contributed by atoms with Gasteiger partial charge in [0.15, 0.2) is 5.13 Å². The normalized spacial score (nSPS) is 16.9. The number of anilines is 1. The molecule has 1 aliphatic rings. The van der Waals surface area contributed by atoms with E-state index in [2.05, 4.69) is 31.0 Å². The van der Waals surface area contributed by atoms with Crippen LogP contribution in [0.25, 0.3) is 0 Å². The molecular weight excluding hydrogens is 266 g/mol. The number of rotatable bonds is 6. The Balaban J connectivity index is 2.22. The maximum Gasteiger partial charge on any atom is 0.186 e. The fourth-order valence-corrected chi connectivity index (χ4v) is 4.52. The molecule has 1 aliphatic carbocycles. The molecule has 0 atom stereocenters. The summed E-state index contributed by atoms with van der Waals surface area (Å²) in [5, 5.41) is 4.52. The van der Waals surface area contributed by atoms with Crippen molar-refractivity contribution in [2.45, 2.75) is 71.4 Å². The molecule has 1 aromatic rings. The van der Waals surface area contributed by atoms with Crippen molar-refractivity contribution in [3.8, 4) is 0 Å². The summed E-state index contributed by atoms with van der Waals surface area (Å²) in [5.41, 5.74) is 1.29. The van der Waals surface area contributed by atoms with Crippen molar-refractivity contribution in [3.63, 3.8) is 0 Å². The molecule has 1 saturated carbocycles. The molecule has 1 N–H and O–H groups in total. The summed E-state index contributed by atoms with van der Waals surface area (Å²) in [7, 11) is 2.02. The van der Waals surface area contributed by atoms with Crippen molar-refractivity contribution in [1.29, 1.82) is 0 Å². The first kappa shape index (κ1) is 15.8. The Kier molecular flexibility index (Phi) is 5.85. The van der Waals surface area contributed by atoms with E-state index in [-0.39, 0.29) is 0 Å². The van der Waals surface area contributed by atoms with E-state index in [1.54, 1.807) is 0 Å². The lowest BCUT2D eigenvalue weighted by atomic mass is 9.94. The minimum Gasteiger partial charge on any atom is -0.345 e. The number of nitrogens with zero attached hydrogens (tertiary/aromatic N) is 2. The third-order valence-corrected chi connectivity index (χ3v) is 5.31. The van der Waals surface area contributed by atoms with Crippen LogP contribution in [0, 0.1) is 0 Å². The molecule has 1 fully saturated rings. The average Bonchev–Trinajstić information content (AvgIpc) is 2.85. The summed E-state index contributed by atoms with van der Waals surface area (Å²) >= 11 is 1.89. The minimum atomic E-state index is 0.508. The van der Waals surface area contributed by atoms with Crippen LogP contribution in [-0.2, 0) is 6.54 Å². The van der Waals surface area contributed by atoms with E-state index in [9.17, 15) is 0 Å². The van der Waals surface area contributed by atoms with Crippen LogP contribution in [0.4, 0.5) is 5.13 Å². The summed E-state index contributed by atoms with van der Waals surface area (Å²) in [4.78, 5) is 8.94. The van der Waals surface area contributed by atoms with Gasteiger partial charge in [-0.3, -0.25) is 0 Å². The van der Waals surface area contributed by atoms with Crippen LogP contribution >= 0.6 is 11.3 Å². The van der Waals surface area contributed by atoms with E-state index in [0.29, 0.717) is 12.0 Å². The molecule has 1 aromatic heterocycles. The monoisotopic (exact) mass is 295 g/mol. The highest BCUT2D eigenvalue weighted by molar-refractivity contribution is 7.15. The van der Waals surface area contributed by atoms with Crippen LogP contribution in [0.1, 0.15) is 69.4 Å². The van der Waals surface area contributed by atoms with Crippen LogP contribution in [0.2, 0.25) is 0 Å². The number of hydrogen-bond acceptors (Lipinski definition) is 4. The predicted octanol–water partition coefficient (Wildman–Crippen LogP) is 4.14. The Hall–Kier alpha value is -0.610. The Bertz CT molecular complexity index is 408. The number of hydrogen-bond donors (Lipinski definition) is 1.